The Hall–Kier alpha value is -3.01. The maximum Gasteiger partial charge on any atom is 0.347 e. The summed E-state index contributed by atoms with van der Waals surface area (Å²) in [5.74, 6) is 1.97. The monoisotopic (exact) mass is 420 g/mol. The molecule has 0 heterocycles. The van der Waals surface area contributed by atoms with Crippen molar-refractivity contribution in [1.29, 1.82) is 0 Å². The van der Waals surface area contributed by atoms with Crippen molar-refractivity contribution in [1.82, 2.24) is 0 Å². The Bertz CT molecular complexity index is 1070. The molecular formula is C27H32O4. The first kappa shape index (κ1) is 22.7. The minimum atomic E-state index is -0.454. The second-order valence-electron chi connectivity index (χ2n) is 8.87. The summed E-state index contributed by atoms with van der Waals surface area (Å²) >= 11 is 0. The van der Waals surface area contributed by atoms with Crippen molar-refractivity contribution in [3.05, 3.63) is 65.2 Å². The average Bonchev–Trinajstić information content (AvgIpc) is 2.71. The van der Waals surface area contributed by atoms with Gasteiger partial charge in [0.15, 0.2) is 0 Å². The van der Waals surface area contributed by atoms with E-state index in [9.17, 15) is 4.79 Å². The quantitative estimate of drug-likeness (QED) is 0.299. The summed E-state index contributed by atoms with van der Waals surface area (Å²) in [4.78, 5) is 13.3. The lowest BCUT2D eigenvalue weighted by atomic mass is 10.0. The number of para-hydroxylation sites is 1. The van der Waals surface area contributed by atoms with Crippen LogP contribution in [-0.4, -0.2) is 19.2 Å². The van der Waals surface area contributed by atoms with Crippen molar-refractivity contribution in [2.24, 2.45) is 11.8 Å². The minimum Gasteiger partial charge on any atom is -0.493 e. The van der Waals surface area contributed by atoms with E-state index < -0.39 is 5.97 Å². The molecule has 4 heteroatoms. The summed E-state index contributed by atoms with van der Waals surface area (Å²) in [7, 11) is 0. The molecule has 0 saturated carbocycles. The van der Waals surface area contributed by atoms with Crippen molar-refractivity contribution < 1.29 is 19.0 Å². The van der Waals surface area contributed by atoms with Gasteiger partial charge in [0.25, 0.3) is 0 Å². The Kier molecular flexibility index (Phi) is 7.21. The van der Waals surface area contributed by atoms with Crippen LogP contribution in [0.5, 0.6) is 17.2 Å². The molecule has 0 N–H and O–H groups in total. The molecule has 4 nitrogen and oxygen atoms in total. The van der Waals surface area contributed by atoms with E-state index in [0.29, 0.717) is 47.9 Å². The highest BCUT2D eigenvalue weighted by Gasteiger charge is 2.22. The number of carbonyl (C=O) groups is 1. The fourth-order valence-electron chi connectivity index (χ4n) is 3.24. The number of fused-ring (bicyclic) bond motifs is 1. The summed E-state index contributed by atoms with van der Waals surface area (Å²) in [6.45, 7) is 13.4. The molecule has 0 atom stereocenters. The highest BCUT2D eigenvalue weighted by molar-refractivity contribution is 6.05. The number of benzene rings is 3. The smallest absolute Gasteiger partial charge is 0.347 e. The first-order valence-corrected chi connectivity index (χ1v) is 10.9. The van der Waals surface area contributed by atoms with Gasteiger partial charge in [0, 0.05) is 10.8 Å². The molecule has 0 aromatic heterocycles. The Labute approximate surface area is 185 Å². The zero-order valence-electron chi connectivity index (χ0n) is 19.3. The van der Waals surface area contributed by atoms with E-state index in [1.807, 2.05) is 44.2 Å². The molecule has 0 aliphatic rings. The third-order valence-electron chi connectivity index (χ3n) is 4.85. The summed E-state index contributed by atoms with van der Waals surface area (Å²) in [5, 5.41) is 1.79. The third kappa shape index (κ3) is 5.57. The van der Waals surface area contributed by atoms with Gasteiger partial charge in [0.05, 0.1) is 13.2 Å². The van der Waals surface area contributed by atoms with Gasteiger partial charge < -0.3 is 14.2 Å². The van der Waals surface area contributed by atoms with E-state index in [0.717, 1.165) is 21.9 Å². The highest BCUT2D eigenvalue weighted by Crippen LogP contribution is 2.38. The van der Waals surface area contributed by atoms with Crippen LogP contribution < -0.4 is 14.2 Å². The largest absolute Gasteiger partial charge is 0.493 e. The van der Waals surface area contributed by atoms with Crippen molar-refractivity contribution in [3.63, 3.8) is 0 Å². The van der Waals surface area contributed by atoms with E-state index in [2.05, 4.69) is 33.8 Å². The number of hydrogen-bond acceptors (Lipinski definition) is 4. The molecule has 0 radical (unpaired) electrons. The summed E-state index contributed by atoms with van der Waals surface area (Å²) < 4.78 is 18.0. The second kappa shape index (κ2) is 9.86. The van der Waals surface area contributed by atoms with E-state index in [4.69, 9.17) is 14.2 Å². The van der Waals surface area contributed by atoms with Crippen LogP contribution in [0, 0.1) is 25.7 Å². The van der Waals surface area contributed by atoms with E-state index in [1.54, 1.807) is 12.1 Å². The van der Waals surface area contributed by atoms with Gasteiger partial charge in [-0.05, 0) is 49.4 Å². The van der Waals surface area contributed by atoms with Gasteiger partial charge in [-0.25, -0.2) is 4.79 Å². The normalized spacial score (nSPS) is 11.2. The topological polar surface area (TPSA) is 44.8 Å². The number of ether oxygens (including phenoxy) is 3. The van der Waals surface area contributed by atoms with Crippen molar-refractivity contribution >= 4 is 16.7 Å². The number of esters is 1. The molecule has 0 unspecified atom stereocenters. The molecule has 0 amide bonds. The van der Waals surface area contributed by atoms with Crippen LogP contribution in [0.1, 0.15) is 49.2 Å². The van der Waals surface area contributed by atoms with Crippen LogP contribution in [0.3, 0.4) is 0 Å². The molecule has 3 rings (SSSR count). The van der Waals surface area contributed by atoms with Gasteiger partial charge in [-0.1, -0.05) is 63.6 Å². The predicted octanol–water partition coefficient (Wildman–Crippen LogP) is 6.75. The van der Waals surface area contributed by atoms with E-state index >= 15 is 0 Å². The molecule has 0 aliphatic carbocycles. The van der Waals surface area contributed by atoms with E-state index in [-0.39, 0.29) is 0 Å². The molecule has 0 aliphatic heterocycles. The molecule has 3 aromatic rings. The molecule has 0 bridgehead atoms. The summed E-state index contributed by atoms with van der Waals surface area (Å²) in [5.41, 5.74) is 2.39. The van der Waals surface area contributed by atoms with Crippen LogP contribution in [0.2, 0.25) is 0 Å². The van der Waals surface area contributed by atoms with Gasteiger partial charge >= 0.3 is 5.97 Å². The first-order chi connectivity index (χ1) is 14.8. The molecule has 3 aromatic carbocycles. The SMILES string of the molecule is Cc1ccc2c(OCC(C)C)c(C(=O)Oc3ccccc3C)cc(OCC(C)C)c2c1. The number of hydrogen-bond donors (Lipinski definition) is 0. The number of rotatable bonds is 8. The third-order valence-corrected chi connectivity index (χ3v) is 4.85. The lowest BCUT2D eigenvalue weighted by Crippen LogP contribution is -2.15. The standard InChI is InChI=1S/C27H32O4/c1-17(2)15-29-25-14-23(27(28)31-24-10-8-7-9-20(24)6)26(30-16-18(3)4)21-12-11-19(5)13-22(21)25/h7-14,17-18H,15-16H2,1-6H3. The summed E-state index contributed by atoms with van der Waals surface area (Å²) in [6.07, 6.45) is 0. The predicted molar refractivity (Wildman–Crippen MR) is 125 cm³/mol. The Balaban J connectivity index is 2.13. The first-order valence-electron chi connectivity index (χ1n) is 10.9. The van der Waals surface area contributed by atoms with Gasteiger partial charge in [-0.2, -0.15) is 0 Å². The Morgan fingerprint density at radius 2 is 1.48 bits per heavy atom. The zero-order valence-corrected chi connectivity index (χ0v) is 19.3. The molecule has 0 spiro atoms. The molecule has 164 valence electrons. The highest BCUT2D eigenvalue weighted by atomic mass is 16.5. The second-order valence-corrected chi connectivity index (χ2v) is 8.87. The lowest BCUT2D eigenvalue weighted by Gasteiger charge is -2.19. The van der Waals surface area contributed by atoms with Crippen LogP contribution in [0.25, 0.3) is 10.8 Å². The van der Waals surface area contributed by atoms with Crippen LogP contribution in [0.4, 0.5) is 0 Å². The molecule has 0 saturated heterocycles. The maximum atomic E-state index is 13.3. The van der Waals surface area contributed by atoms with Crippen LogP contribution in [-0.2, 0) is 0 Å². The number of aryl methyl sites for hydroxylation is 2. The number of carbonyl (C=O) groups excluding carboxylic acids is 1. The lowest BCUT2D eigenvalue weighted by molar-refractivity contribution is 0.0728. The molecule has 31 heavy (non-hydrogen) atoms. The molecular weight excluding hydrogens is 388 g/mol. The molecule has 0 fully saturated rings. The average molecular weight is 421 g/mol. The van der Waals surface area contributed by atoms with Gasteiger partial charge in [0.1, 0.15) is 22.8 Å². The minimum absolute atomic E-state index is 0.317. The van der Waals surface area contributed by atoms with Gasteiger partial charge in [0.2, 0.25) is 0 Å². The Morgan fingerprint density at radius 1 is 0.806 bits per heavy atom. The van der Waals surface area contributed by atoms with Gasteiger partial charge in [-0.3, -0.25) is 0 Å². The van der Waals surface area contributed by atoms with Gasteiger partial charge in [-0.15, -0.1) is 0 Å². The van der Waals surface area contributed by atoms with Crippen molar-refractivity contribution in [2.75, 3.05) is 13.2 Å². The van der Waals surface area contributed by atoms with E-state index in [1.165, 1.54) is 0 Å². The summed E-state index contributed by atoms with van der Waals surface area (Å²) in [6, 6.07) is 15.3. The van der Waals surface area contributed by atoms with Crippen molar-refractivity contribution in [2.45, 2.75) is 41.5 Å². The maximum absolute atomic E-state index is 13.3. The van der Waals surface area contributed by atoms with Crippen LogP contribution >= 0.6 is 0 Å². The van der Waals surface area contributed by atoms with Crippen molar-refractivity contribution in [3.8, 4) is 17.2 Å². The van der Waals surface area contributed by atoms with Crippen LogP contribution in [0.15, 0.2) is 48.5 Å². The fraction of sp³-hybridized carbons (Fsp3) is 0.370. The zero-order chi connectivity index (χ0) is 22.5. The fourth-order valence-corrected chi connectivity index (χ4v) is 3.24. The Morgan fingerprint density at radius 3 is 2.16 bits per heavy atom.